The zero-order valence-electron chi connectivity index (χ0n) is 22.6. The molecule has 214 valence electrons. The molecule has 0 radical (unpaired) electrons. The second-order valence-electron chi connectivity index (χ2n) is 9.07. The maximum atomic E-state index is 14.5. The van der Waals surface area contributed by atoms with Crippen LogP contribution < -0.4 is 0 Å². The maximum absolute atomic E-state index is 14.5. The summed E-state index contributed by atoms with van der Waals surface area (Å²) in [6.07, 6.45) is 8.32. The van der Waals surface area contributed by atoms with Gasteiger partial charge >= 0.3 is 0 Å². The number of hydrogen-bond donors (Lipinski definition) is 0. The summed E-state index contributed by atoms with van der Waals surface area (Å²) >= 11 is 1.45. The van der Waals surface area contributed by atoms with Gasteiger partial charge in [-0.15, -0.1) is 11.3 Å². The molecule has 1 amide bonds. The lowest BCUT2D eigenvalue weighted by Gasteiger charge is -2.31. The standard InChI is InChI=1S/C25H22F2N6OS.C4H7FO/c1-4-22(34)32-12-15(2)33-18(14-32)10-21(30-33)24-20(9-17(27)5-7-26)25-19(6-8-35-25)23(29-24)16-11-28-31(3)13-16;1-2-6-4-3-5/h4-11,13,15H,1,12,14H2,2-3H3;2H,1,3-4H2/b7-5+,17-9?;. The summed E-state index contributed by atoms with van der Waals surface area (Å²) in [5.74, 6) is -0.883. The summed E-state index contributed by atoms with van der Waals surface area (Å²) in [6, 6.07) is 3.73. The van der Waals surface area contributed by atoms with E-state index in [1.54, 1.807) is 15.8 Å². The topological polar surface area (TPSA) is 78.1 Å². The lowest BCUT2D eigenvalue weighted by molar-refractivity contribution is -0.127. The summed E-state index contributed by atoms with van der Waals surface area (Å²) in [4.78, 5) is 18.9. The first kappa shape index (κ1) is 29.5. The van der Waals surface area contributed by atoms with Gasteiger partial charge in [-0.2, -0.15) is 10.2 Å². The molecule has 41 heavy (non-hydrogen) atoms. The minimum absolute atomic E-state index is 0.0649. The number of nitrogens with zero attached hydrogens (tertiary/aromatic N) is 6. The number of alkyl halides is 1. The number of carbonyl (C=O) groups excluding carboxylic acids is 1. The molecule has 12 heteroatoms. The number of ether oxygens (including phenoxy) is 1. The number of fused-ring (bicyclic) bond motifs is 2. The van der Waals surface area contributed by atoms with Crippen LogP contribution in [0.3, 0.4) is 0 Å². The Labute approximate surface area is 239 Å². The quantitative estimate of drug-likeness (QED) is 0.102. The molecule has 5 rings (SSSR count). The van der Waals surface area contributed by atoms with Crippen molar-refractivity contribution in [2.75, 3.05) is 19.8 Å². The van der Waals surface area contributed by atoms with E-state index in [4.69, 9.17) is 10.1 Å². The first-order chi connectivity index (χ1) is 19.8. The van der Waals surface area contributed by atoms with E-state index >= 15 is 0 Å². The van der Waals surface area contributed by atoms with Crippen LogP contribution in [0.25, 0.3) is 38.8 Å². The smallest absolute Gasteiger partial charge is 0.246 e. The third-order valence-electron chi connectivity index (χ3n) is 6.24. The molecule has 0 fully saturated rings. The SMILES string of the molecule is C=CC(=O)N1Cc2cc(-c3nc(-c4cnn(C)c4)c4ccsc4c3C=C(F)/C=C/F)nn2C(C)C1.C=COCCF. The molecule has 0 saturated heterocycles. The molecule has 0 aromatic carbocycles. The molecule has 1 aliphatic rings. The summed E-state index contributed by atoms with van der Waals surface area (Å²) < 4.78 is 47.0. The van der Waals surface area contributed by atoms with E-state index in [0.717, 1.165) is 27.4 Å². The van der Waals surface area contributed by atoms with Gasteiger partial charge in [0.05, 0.1) is 42.8 Å². The lowest BCUT2D eigenvalue weighted by atomic mass is 10.0. The third-order valence-corrected chi connectivity index (χ3v) is 7.18. The van der Waals surface area contributed by atoms with Gasteiger partial charge in [0.1, 0.15) is 30.5 Å². The molecule has 1 atom stereocenters. The predicted molar refractivity (Wildman–Crippen MR) is 155 cm³/mol. The van der Waals surface area contributed by atoms with Crippen molar-refractivity contribution in [1.82, 2.24) is 29.4 Å². The fourth-order valence-corrected chi connectivity index (χ4v) is 5.43. The number of allylic oxidation sites excluding steroid dienone is 2. The van der Waals surface area contributed by atoms with E-state index in [0.29, 0.717) is 35.7 Å². The molecule has 1 unspecified atom stereocenters. The first-order valence-electron chi connectivity index (χ1n) is 12.6. The van der Waals surface area contributed by atoms with Gasteiger partial charge in [-0.25, -0.2) is 18.2 Å². The van der Waals surface area contributed by atoms with Crippen molar-refractivity contribution in [3.63, 3.8) is 0 Å². The number of aromatic nitrogens is 5. The van der Waals surface area contributed by atoms with Crippen molar-refractivity contribution in [3.8, 4) is 22.6 Å². The summed E-state index contributed by atoms with van der Waals surface area (Å²) in [5, 5.41) is 11.8. The van der Waals surface area contributed by atoms with Crippen molar-refractivity contribution in [2.45, 2.75) is 19.5 Å². The van der Waals surface area contributed by atoms with Crippen LogP contribution in [0.2, 0.25) is 0 Å². The van der Waals surface area contributed by atoms with E-state index in [9.17, 15) is 18.0 Å². The zero-order chi connectivity index (χ0) is 29.5. The van der Waals surface area contributed by atoms with Crippen LogP contribution in [0.15, 0.2) is 73.6 Å². The van der Waals surface area contributed by atoms with Gasteiger partial charge in [0.2, 0.25) is 5.91 Å². The summed E-state index contributed by atoms with van der Waals surface area (Å²) in [7, 11) is 1.83. The molecule has 0 spiro atoms. The molecular formula is C29H29F3N6O2S. The average molecular weight is 583 g/mol. The fraction of sp³-hybridized carbons (Fsp3) is 0.241. The van der Waals surface area contributed by atoms with Crippen molar-refractivity contribution >= 4 is 33.4 Å². The molecular weight excluding hydrogens is 553 g/mol. The molecule has 0 saturated carbocycles. The molecule has 0 bridgehead atoms. The Bertz CT molecular complexity index is 1620. The Hall–Kier alpha value is -4.45. The average Bonchev–Trinajstić information content (AvgIpc) is 3.72. The van der Waals surface area contributed by atoms with Gasteiger partial charge < -0.3 is 9.64 Å². The summed E-state index contributed by atoms with van der Waals surface area (Å²) in [6.45, 7) is 9.34. The number of amides is 1. The van der Waals surface area contributed by atoms with Crippen molar-refractivity contribution < 1.29 is 22.7 Å². The van der Waals surface area contributed by atoms with Crippen LogP contribution in [-0.2, 0) is 23.1 Å². The Morgan fingerprint density at radius 2 is 2.12 bits per heavy atom. The molecule has 4 aromatic heterocycles. The molecule has 1 aliphatic heterocycles. The number of rotatable bonds is 8. The number of hydrogen-bond acceptors (Lipinski definition) is 6. The fourth-order valence-electron chi connectivity index (χ4n) is 4.51. The molecule has 0 N–H and O–H groups in total. The van der Waals surface area contributed by atoms with E-state index < -0.39 is 12.5 Å². The maximum Gasteiger partial charge on any atom is 0.246 e. The van der Waals surface area contributed by atoms with Crippen LogP contribution in [0.1, 0.15) is 24.2 Å². The molecule has 5 heterocycles. The van der Waals surface area contributed by atoms with Gasteiger partial charge in [-0.05, 0) is 36.6 Å². The highest BCUT2D eigenvalue weighted by Gasteiger charge is 2.28. The molecule has 8 nitrogen and oxygen atoms in total. The van der Waals surface area contributed by atoms with Crippen molar-refractivity contribution in [1.29, 1.82) is 0 Å². The van der Waals surface area contributed by atoms with E-state index in [1.165, 1.54) is 29.8 Å². The number of halogens is 3. The highest BCUT2D eigenvalue weighted by atomic mass is 32.1. The van der Waals surface area contributed by atoms with Gasteiger partial charge in [0.15, 0.2) is 0 Å². The Morgan fingerprint density at radius 3 is 2.76 bits per heavy atom. The second-order valence-corrected chi connectivity index (χ2v) is 9.99. The highest BCUT2D eigenvalue weighted by molar-refractivity contribution is 7.17. The van der Waals surface area contributed by atoms with Gasteiger partial charge in [-0.3, -0.25) is 14.2 Å². The van der Waals surface area contributed by atoms with E-state index in [-0.39, 0.29) is 24.9 Å². The van der Waals surface area contributed by atoms with Crippen LogP contribution in [0, 0.1) is 0 Å². The van der Waals surface area contributed by atoms with Crippen LogP contribution in [0.4, 0.5) is 13.2 Å². The van der Waals surface area contributed by atoms with E-state index in [1.807, 2.05) is 42.4 Å². The van der Waals surface area contributed by atoms with Crippen molar-refractivity contribution in [3.05, 3.63) is 84.9 Å². The second kappa shape index (κ2) is 13.3. The Morgan fingerprint density at radius 1 is 1.32 bits per heavy atom. The first-order valence-corrected chi connectivity index (χ1v) is 13.5. The minimum Gasteiger partial charge on any atom is -0.499 e. The van der Waals surface area contributed by atoms with E-state index in [2.05, 4.69) is 23.0 Å². The van der Waals surface area contributed by atoms with Crippen LogP contribution in [-0.4, -0.2) is 55.2 Å². The molecule has 4 aromatic rings. The number of carbonyl (C=O) groups is 1. The lowest BCUT2D eigenvalue weighted by Crippen LogP contribution is -2.39. The summed E-state index contributed by atoms with van der Waals surface area (Å²) in [5.41, 5.74) is 3.88. The zero-order valence-corrected chi connectivity index (χ0v) is 23.5. The monoisotopic (exact) mass is 582 g/mol. The normalized spacial score (nSPS) is 15.0. The van der Waals surface area contributed by atoms with Crippen LogP contribution in [0.5, 0.6) is 0 Å². The van der Waals surface area contributed by atoms with Gasteiger partial charge in [0.25, 0.3) is 0 Å². The minimum atomic E-state index is -0.737. The number of aryl methyl sites for hydroxylation is 1. The van der Waals surface area contributed by atoms with Crippen LogP contribution >= 0.6 is 11.3 Å². The van der Waals surface area contributed by atoms with Gasteiger partial charge in [-0.1, -0.05) is 13.2 Å². The Kier molecular flexibility index (Phi) is 9.56. The van der Waals surface area contributed by atoms with Gasteiger partial charge in [0, 0.05) is 47.1 Å². The third kappa shape index (κ3) is 6.49. The number of pyridine rings is 1. The largest absolute Gasteiger partial charge is 0.499 e. The highest BCUT2D eigenvalue weighted by Crippen LogP contribution is 2.39. The predicted octanol–water partition coefficient (Wildman–Crippen LogP) is 6.56. The number of thiophene rings is 1. The molecule has 0 aliphatic carbocycles. The van der Waals surface area contributed by atoms with Crippen molar-refractivity contribution in [2.24, 2.45) is 7.05 Å². The Balaban J connectivity index is 0.000000585.